The largest absolute Gasteiger partial charge is 0.490 e. The Hall–Kier alpha value is -3.35. The second-order valence-electron chi connectivity index (χ2n) is 8.30. The Morgan fingerprint density at radius 1 is 1.29 bits per heavy atom. The Balaban J connectivity index is 2.06. The first kappa shape index (κ1) is 26.3. The molecule has 2 aliphatic rings. The highest BCUT2D eigenvalue weighted by Gasteiger charge is 2.66. The first-order valence-corrected chi connectivity index (χ1v) is 10.5. The average Bonchev–Trinajstić information content (AvgIpc) is 3.05. The van der Waals surface area contributed by atoms with Crippen molar-refractivity contribution >= 4 is 11.8 Å². The van der Waals surface area contributed by atoms with Crippen molar-refractivity contribution in [3.8, 4) is 5.75 Å². The van der Waals surface area contributed by atoms with Crippen LogP contribution in [0.2, 0.25) is 0 Å². The summed E-state index contributed by atoms with van der Waals surface area (Å²) in [7, 11) is 0. The van der Waals surface area contributed by atoms with Gasteiger partial charge in [-0.1, -0.05) is 13.0 Å². The minimum absolute atomic E-state index is 0.0863. The maximum Gasteiger partial charge on any atom is 0.417 e. The van der Waals surface area contributed by atoms with E-state index < -0.39 is 65.0 Å². The van der Waals surface area contributed by atoms with Crippen molar-refractivity contribution in [3.63, 3.8) is 0 Å². The number of halogens is 5. The first-order valence-electron chi connectivity index (χ1n) is 10.5. The Kier molecular flexibility index (Phi) is 7.02. The smallest absolute Gasteiger partial charge is 0.417 e. The molecule has 5 atom stereocenters. The van der Waals surface area contributed by atoms with Crippen LogP contribution in [0.15, 0.2) is 36.2 Å². The molecule has 2 aliphatic heterocycles. The standard InChI is InChI=1S/C22H22F5N3O5/c1-4-34-17-12(5-6-13(23)16(17)24)15-10(2)21(3,22(25,26)27)35-18(15)20(32)29-11-7-8-30(33)14(9-11)19(28)31/h5-10,14-15,18H,4H2,1-3H3,(H2-,28,29,31,32)/p+1/t10-,14-,15-,18?,21-/m1/s1. The van der Waals surface area contributed by atoms with Crippen LogP contribution in [0, 0.1) is 22.5 Å². The Labute approximate surface area is 196 Å². The van der Waals surface area contributed by atoms with Crippen molar-refractivity contribution in [1.82, 2.24) is 5.32 Å². The summed E-state index contributed by atoms with van der Waals surface area (Å²) in [6.07, 6.45) is -3.71. The normalized spacial score (nSPS) is 28.6. The quantitative estimate of drug-likeness (QED) is 0.457. The van der Waals surface area contributed by atoms with Gasteiger partial charge < -0.3 is 20.5 Å². The summed E-state index contributed by atoms with van der Waals surface area (Å²) in [6, 6.07) is 0.324. The van der Waals surface area contributed by atoms with E-state index in [2.05, 4.69) is 5.32 Å². The summed E-state index contributed by atoms with van der Waals surface area (Å²) in [6.45, 7) is 3.29. The zero-order valence-electron chi connectivity index (χ0n) is 18.9. The lowest BCUT2D eigenvalue weighted by molar-refractivity contribution is -0.495. The van der Waals surface area contributed by atoms with Gasteiger partial charge in [-0.3, -0.25) is 9.59 Å². The zero-order chi connectivity index (χ0) is 26.3. The van der Waals surface area contributed by atoms with Crippen LogP contribution in [0.3, 0.4) is 0 Å². The fourth-order valence-corrected chi connectivity index (χ4v) is 4.17. The summed E-state index contributed by atoms with van der Waals surface area (Å²) in [5.74, 6) is -8.24. The van der Waals surface area contributed by atoms with E-state index in [1.165, 1.54) is 13.8 Å². The van der Waals surface area contributed by atoms with Gasteiger partial charge in [0.05, 0.1) is 12.3 Å². The van der Waals surface area contributed by atoms with E-state index >= 15 is 0 Å². The number of hydrogen-bond acceptors (Lipinski definition) is 5. The highest BCUT2D eigenvalue weighted by molar-refractivity contribution is 5.86. The number of benzene rings is 1. The number of amides is 2. The molecule has 0 aromatic heterocycles. The van der Waals surface area contributed by atoms with E-state index in [1.807, 2.05) is 0 Å². The van der Waals surface area contributed by atoms with Gasteiger partial charge in [0.25, 0.3) is 11.8 Å². The average molecular weight is 504 g/mol. The minimum atomic E-state index is -4.92. The van der Waals surface area contributed by atoms with E-state index in [1.54, 1.807) is 0 Å². The predicted molar refractivity (Wildman–Crippen MR) is 111 cm³/mol. The number of nitrogens with zero attached hydrogens (tertiary/aromatic N) is 1. The number of carbonyl (C=O) groups excluding carboxylic acids is 2. The van der Waals surface area contributed by atoms with Crippen LogP contribution < -0.4 is 15.8 Å². The lowest BCUT2D eigenvalue weighted by Gasteiger charge is -2.32. The second-order valence-corrected chi connectivity index (χ2v) is 8.30. The molecule has 2 amide bonds. The van der Waals surface area contributed by atoms with Crippen LogP contribution >= 0.6 is 0 Å². The fourth-order valence-electron chi connectivity index (χ4n) is 4.17. The summed E-state index contributed by atoms with van der Waals surface area (Å²) in [4.78, 5) is 36.3. The molecule has 8 nitrogen and oxygen atoms in total. The number of primary amides is 1. The van der Waals surface area contributed by atoms with E-state index in [4.69, 9.17) is 15.2 Å². The van der Waals surface area contributed by atoms with Crippen molar-refractivity contribution in [2.75, 3.05) is 6.61 Å². The molecule has 0 spiro atoms. The third kappa shape index (κ3) is 4.64. The Bertz CT molecular complexity index is 1120. The van der Waals surface area contributed by atoms with Crippen LogP contribution in [0.1, 0.15) is 32.3 Å². The number of alkyl halides is 3. The van der Waals surface area contributed by atoms with Crippen molar-refractivity contribution in [1.29, 1.82) is 0 Å². The minimum Gasteiger partial charge on any atom is -0.490 e. The number of rotatable bonds is 6. The number of nitrogens with one attached hydrogen (secondary N) is 1. The van der Waals surface area contributed by atoms with Crippen molar-refractivity contribution in [2.45, 2.75) is 50.6 Å². The van der Waals surface area contributed by atoms with Crippen LogP contribution in [0.5, 0.6) is 5.75 Å². The molecular weight excluding hydrogens is 481 g/mol. The molecule has 2 heterocycles. The summed E-state index contributed by atoms with van der Waals surface area (Å²) < 4.78 is 81.2. The Morgan fingerprint density at radius 3 is 2.51 bits per heavy atom. The highest BCUT2D eigenvalue weighted by Crippen LogP contribution is 2.54. The molecule has 1 unspecified atom stereocenters. The molecule has 3 N–H and O–H groups in total. The van der Waals surface area contributed by atoms with Crippen LogP contribution in [0.4, 0.5) is 22.0 Å². The van der Waals surface area contributed by atoms with Gasteiger partial charge in [0.15, 0.2) is 17.2 Å². The lowest BCUT2D eigenvalue weighted by Crippen LogP contribution is -2.47. The van der Waals surface area contributed by atoms with Gasteiger partial charge in [-0.05, 0) is 19.9 Å². The van der Waals surface area contributed by atoms with Crippen molar-refractivity contribution < 1.29 is 45.8 Å². The fraction of sp³-hybridized carbons (Fsp3) is 0.455. The van der Waals surface area contributed by atoms with E-state index in [9.17, 15) is 36.4 Å². The summed E-state index contributed by atoms with van der Waals surface area (Å²) in [5, 5.41) is 2.31. The molecular formula is C22H23F5N3O5+. The van der Waals surface area contributed by atoms with Gasteiger partial charge in [0.2, 0.25) is 12.0 Å². The SMILES string of the molecule is CCOc1c([C@@H]2C(C(=O)NC3=C[C@H](C(N)=O)[N+](=O)C=C3)O[C@@](C)(C(F)(F)F)[C@@H]2C)ccc(F)c1F. The molecule has 13 heteroatoms. The molecule has 1 saturated heterocycles. The summed E-state index contributed by atoms with van der Waals surface area (Å²) in [5.41, 5.74) is 2.05. The number of hydrogen-bond donors (Lipinski definition) is 2. The highest BCUT2D eigenvalue weighted by atomic mass is 19.4. The summed E-state index contributed by atoms with van der Waals surface area (Å²) >= 11 is 0. The van der Waals surface area contributed by atoms with E-state index in [-0.39, 0.29) is 22.6 Å². The van der Waals surface area contributed by atoms with E-state index in [0.717, 1.165) is 37.4 Å². The third-order valence-electron chi connectivity index (χ3n) is 6.23. The van der Waals surface area contributed by atoms with Crippen LogP contribution in [-0.4, -0.2) is 47.1 Å². The molecule has 0 aliphatic carbocycles. The van der Waals surface area contributed by atoms with Crippen LogP contribution in [0.25, 0.3) is 0 Å². The first-order chi connectivity index (χ1) is 16.2. The van der Waals surface area contributed by atoms with Gasteiger partial charge in [0.1, 0.15) is 6.10 Å². The van der Waals surface area contributed by atoms with Gasteiger partial charge in [-0.15, -0.1) is 0 Å². The zero-order valence-corrected chi connectivity index (χ0v) is 18.9. The third-order valence-corrected chi connectivity index (χ3v) is 6.23. The van der Waals surface area contributed by atoms with Crippen molar-refractivity contribution in [3.05, 3.63) is 58.3 Å². The second kappa shape index (κ2) is 9.36. The molecule has 1 aromatic carbocycles. The van der Waals surface area contributed by atoms with Gasteiger partial charge in [0, 0.05) is 39.2 Å². The van der Waals surface area contributed by atoms with E-state index in [0.29, 0.717) is 0 Å². The van der Waals surface area contributed by atoms with Gasteiger partial charge >= 0.3 is 12.2 Å². The van der Waals surface area contributed by atoms with Gasteiger partial charge in [-0.25, -0.2) is 4.39 Å². The molecule has 1 fully saturated rings. The monoisotopic (exact) mass is 504 g/mol. The number of carbonyl (C=O) groups is 2. The molecule has 1 aromatic rings. The molecule has 35 heavy (non-hydrogen) atoms. The number of ether oxygens (including phenoxy) is 2. The molecule has 0 bridgehead atoms. The Morgan fingerprint density at radius 2 is 1.94 bits per heavy atom. The molecule has 190 valence electrons. The number of nitrogens with two attached hydrogens (primary N) is 1. The molecule has 0 saturated carbocycles. The maximum absolute atomic E-state index is 14.6. The number of allylic oxidation sites excluding steroid dienone is 1. The van der Waals surface area contributed by atoms with Crippen molar-refractivity contribution in [2.24, 2.45) is 11.7 Å². The number of nitroso groups, excluding NO2 is 1. The maximum atomic E-state index is 14.6. The van der Waals surface area contributed by atoms with Gasteiger partial charge in [-0.2, -0.15) is 17.6 Å². The molecule has 3 rings (SSSR count). The lowest BCUT2D eigenvalue weighted by atomic mass is 9.77. The predicted octanol–water partition coefficient (Wildman–Crippen LogP) is 2.96. The topological polar surface area (TPSA) is 111 Å². The molecule has 0 radical (unpaired) electrons. The van der Waals surface area contributed by atoms with Crippen LogP contribution in [-0.2, 0) is 14.3 Å².